The summed E-state index contributed by atoms with van der Waals surface area (Å²) in [6.45, 7) is 5.59. The number of carbonyl (C=O) groups is 2. The number of esters is 1. The molecule has 0 spiro atoms. The highest BCUT2D eigenvalue weighted by Gasteiger charge is 2.07. The van der Waals surface area contributed by atoms with Gasteiger partial charge >= 0.3 is 5.97 Å². The molecule has 0 unspecified atom stereocenters. The molecule has 0 bridgehead atoms. The van der Waals surface area contributed by atoms with E-state index in [2.05, 4.69) is 11.7 Å². The Bertz CT molecular complexity index is 491. The van der Waals surface area contributed by atoms with Gasteiger partial charge in [0.2, 0.25) is 5.91 Å². The lowest BCUT2D eigenvalue weighted by Crippen LogP contribution is -2.30. The van der Waals surface area contributed by atoms with Gasteiger partial charge in [0.25, 0.3) is 0 Å². The van der Waals surface area contributed by atoms with Crippen molar-refractivity contribution in [3.05, 3.63) is 41.5 Å². The highest BCUT2D eigenvalue weighted by atomic mass is 16.5. The highest BCUT2D eigenvalue weighted by Crippen LogP contribution is 2.08. The molecule has 0 atom stereocenters. The number of hydrogen-bond acceptors (Lipinski definition) is 3. The first-order chi connectivity index (χ1) is 10.1. The Labute approximate surface area is 126 Å². The van der Waals surface area contributed by atoms with Crippen LogP contribution in [-0.2, 0) is 9.53 Å². The Morgan fingerprint density at radius 1 is 1.19 bits per heavy atom. The second-order valence-electron chi connectivity index (χ2n) is 4.72. The fourth-order valence-corrected chi connectivity index (χ4v) is 1.89. The lowest BCUT2D eigenvalue weighted by Gasteiger charge is -2.18. The fourth-order valence-electron chi connectivity index (χ4n) is 1.89. The quantitative estimate of drug-likeness (QED) is 0.572. The van der Waals surface area contributed by atoms with Gasteiger partial charge < -0.3 is 9.64 Å². The number of rotatable bonds is 7. The Morgan fingerprint density at radius 3 is 2.38 bits per heavy atom. The zero-order valence-electron chi connectivity index (χ0n) is 13.0. The van der Waals surface area contributed by atoms with Gasteiger partial charge in [0.1, 0.15) is 0 Å². The first-order valence-corrected chi connectivity index (χ1v) is 7.27. The van der Waals surface area contributed by atoms with Gasteiger partial charge in [-0.1, -0.05) is 25.5 Å². The number of carbonyl (C=O) groups excluding carboxylic acids is 2. The van der Waals surface area contributed by atoms with E-state index in [1.54, 1.807) is 36.4 Å². The lowest BCUT2D eigenvalue weighted by molar-refractivity contribution is -0.125. The zero-order chi connectivity index (χ0) is 15.7. The second kappa shape index (κ2) is 8.95. The maximum atomic E-state index is 12.0. The van der Waals surface area contributed by atoms with E-state index >= 15 is 0 Å². The minimum atomic E-state index is -0.363. The smallest absolute Gasteiger partial charge is 0.337 e. The van der Waals surface area contributed by atoms with Crippen molar-refractivity contribution in [3.8, 4) is 0 Å². The average Bonchev–Trinajstić information content (AvgIpc) is 2.53. The van der Waals surface area contributed by atoms with Gasteiger partial charge in [-0.3, -0.25) is 4.79 Å². The summed E-state index contributed by atoms with van der Waals surface area (Å²) in [5, 5.41) is 0. The van der Waals surface area contributed by atoms with Crippen LogP contribution in [0.5, 0.6) is 0 Å². The molecule has 0 aliphatic rings. The summed E-state index contributed by atoms with van der Waals surface area (Å²) in [5.41, 5.74) is 1.38. The zero-order valence-corrected chi connectivity index (χ0v) is 13.0. The van der Waals surface area contributed by atoms with Crippen molar-refractivity contribution in [2.75, 3.05) is 20.2 Å². The van der Waals surface area contributed by atoms with E-state index < -0.39 is 0 Å². The van der Waals surface area contributed by atoms with Gasteiger partial charge in [-0.05, 0) is 37.1 Å². The molecule has 0 N–H and O–H groups in total. The summed E-state index contributed by atoms with van der Waals surface area (Å²) in [5.74, 6) is -0.346. The third-order valence-corrected chi connectivity index (χ3v) is 3.23. The SMILES string of the molecule is CCCCN(CC)C(=O)C=Cc1ccc(C(=O)OC)cc1. The third kappa shape index (κ3) is 5.42. The van der Waals surface area contributed by atoms with Crippen LogP contribution in [0.3, 0.4) is 0 Å². The predicted octanol–water partition coefficient (Wildman–Crippen LogP) is 3.14. The lowest BCUT2D eigenvalue weighted by atomic mass is 10.1. The van der Waals surface area contributed by atoms with Crippen molar-refractivity contribution in [2.24, 2.45) is 0 Å². The van der Waals surface area contributed by atoms with Gasteiger partial charge in [-0.15, -0.1) is 0 Å². The molecule has 1 aromatic carbocycles. The normalized spacial score (nSPS) is 10.6. The van der Waals surface area contributed by atoms with Crippen molar-refractivity contribution >= 4 is 18.0 Å². The minimum Gasteiger partial charge on any atom is -0.465 e. The van der Waals surface area contributed by atoms with Crippen LogP contribution in [0, 0.1) is 0 Å². The number of amides is 1. The molecule has 4 nitrogen and oxygen atoms in total. The largest absolute Gasteiger partial charge is 0.465 e. The van der Waals surface area contributed by atoms with Crippen LogP contribution in [0.1, 0.15) is 42.6 Å². The van der Waals surface area contributed by atoms with E-state index in [-0.39, 0.29) is 11.9 Å². The van der Waals surface area contributed by atoms with Crippen molar-refractivity contribution in [3.63, 3.8) is 0 Å². The number of hydrogen-bond donors (Lipinski definition) is 0. The van der Waals surface area contributed by atoms with Crippen molar-refractivity contribution in [1.82, 2.24) is 4.90 Å². The molecular weight excluding hydrogens is 266 g/mol. The number of unbranched alkanes of at least 4 members (excludes halogenated alkanes) is 1. The third-order valence-electron chi connectivity index (χ3n) is 3.23. The summed E-state index contributed by atoms with van der Waals surface area (Å²) in [6.07, 6.45) is 5.42. The molecule has 1 rings (SSSR count). The van der Waals surface area contributed by atoms with Gasteiger partial charge in [0.15, 0.2) is 0 Å². The van der Waals surface area contributed by atoms with Gasteiger partial charge in [0.05, 0.1) is 12.7 Å². The van der Waals surface area contributed by atoms with Crippen LogP contribution >= 0.6 is 0 Å². The van der Waals surface area contributed by atoms with E-state index in [0.717, 1.165) is 24.9 Å². The Hall–Kier alpha value is -2.10. The molecule has 0 aliphatic carbocycles. The van der Waals surface area contributed by atoms with Gasteiger partial charge in [-0.2, -0.15) is 0 Å². The second-order valence-corrected chi connectivity index (χ2v) is 4.72. The summed E-state index contributed by atoms with van der Waals surface area (Å²) >= 11 is 0. The van der Waals surface area contributed by atoms with Crippen LogP contribution in [0.25, 0.3) is 6.08 Å². The molecular formula is C17H23NO3. The van der Waals surface area contributed by atoms with E-state index in [4.69, 9.17) is 0 Å². The van der Waals surface area contributed by atoms with Crippen LogP contribution in [0.2, 0.25) is 0 Å². The number of nitrogens with zero attached hydrogens (tertiary/aromatic N) is 1. The van der Waals surface area contributed by atoms with E-state index in [0.29, 0.717) is 12.1 Å². The maximum absolute atomic E-state index is 12.0. The molecule has 114 valence electrons. The molecule has 0 radical (unpaired) electrons. The maximum Gasteiger partial charge on any atom is 0.337 e. The Kier molecular flexibility index (Phi) is 7.23. The summed E-state index contributed by atoms with van der Waals surface area (Å²) in [7, 11) is 1.35. The van der Waals surface area contributed by atoms with Crippen LogP contribution in [-0.4, -0.2) is 37.0 Å². The molecule has 0 heterocycles. The average molecular weight is 289 g/mol. The molecule has 0 fully saturated rings. The van der Waals surface area contributed by atoms with Gasteiger partial charge in [0, 0.05) is 19.2 Å². The molecule has 0 aliphatic heterocycles. The van der Waals surface area contributed by atoms with E-state index in [9.17, 15) is 9.59 Å². The fraction of sp³-hybridized carbons (Fsp3) is 0.412. The molecule has 0 aromatic heterocycles. The Balaban J connectivity index is 2.66. The number of ether oxygens (including phenoxy) is 1. The van der Waals surface area contributed by atoms with Crippen molar-refractivity contribution in [1.29, 1.82) is 0 Å². The molecule has 21 heavy (non-hydrogen) atoms. The number of methoxy groups -OCH3 is 1. The van der Waals surface area contributed by atoms with Gasteiger partial charge in [-0.25, -0.2) is 4.79 Å². The minimum absolute atomic E-state index is 0.0167. The highest BCUT2D eigenvalue weighted by molar-refractivity contribution is 5.92. The van der Waals surface area contributed by atoms with Crippen molar-refractivity contribution < 1.29 is 14.3 Å². The molecule has 1 aromatic rings. The summed E-state index contributed by atoms with van der Waals surface area (Å²) < 4.78 is 4.64. The predicted molar refractivity (Wildman–Crippen MR) is 84.0 cm³/mol. The van der Waals surface area contributed by atoms with Crippen LogP contribution in [0.4, 0.5) is 0 Å². The molecule has 4 heteroatoms. The number of likely N-dealkylation sites (N-methyl/N-ethyl adjacent to an activating group) is 1. The molecule has 0 saturated heterocycles. The van der Waals surface area contributed by atoms with E-state index in [1.165, 1.54) is 7.11 Å². The molecule has 0 saturated carbocycles. The van der Waals surface area contributed by atoms with Crippen molar-refractivity contribution in [2.45, 2.75) is 26.7 Å². The first-order valence-electron chi connectivity index (χ1n) is 7.27. The summed E-state index contributed by atoms with van der Waals surface area (Å²) in [6, 6.07) is 6.95. The standard InChI is InChI=1S/C17H23NO3/c1-4-6-13-18(5-2)16(19)12-9-14-7-10-15(11-8-14)17(20)21-3/h7-12H,4-6,13H2,1-3H3. The first kappa shape index (κ1) is 17.0. The summed E-state index contributed by atoms with van der Waals surface area (Å²) in [4.78, 5) is 25.2. The number of benzene rings is 1. The topological polar surface area (TPSA) is 46.6 Å². The van der Waals surface area contributed by atoms with Crippen LogP contribution in [0.15, 0.2) is 30.3 Å². The Morgan fingerprint density at radius 2 is 1.86 bits per heavy atom. The monoisotopic (exact) mass is 289 g/mol. The molecule has 1 amide bonds. The van der Waals surface area contributed by atoms with Crippen LogP contribution < -0.4 is 0 Å². The van der Waals surface area contributed by atoms with E-state index in [1.807, 2.05) is 11.8 Å².